The normalized spacial score (nSPS) is 12.4. The summed E-state index contributed by atoms with van der Waals surface area (Å²) in [6.45, 7) is 0. The Kier molecular flexibility index (Phi) is 6.22. The fourth-order valence-electron chi connectivity index (χ4n) is 3.33. The molecule has 3 aromatic rings. The lowest BCUT2D eigenvalue weighted by atomic mass is 9.91. The minimum atomic E-state index is -4.45. The molecule has 0 saturated heterocycles. The molecule has 4 nitrogen and oxygen atoms in total. The topological polar surface area (TPSA) is 47.9 Å². The number of aliphatic hydroxyl groups excluding tert-OH is 1. The first-order valence-electron chi connectivity index (χ1n) is 9.05. The van der Waals surface area contributed by atoms with Crippen molar-refractivity contribution in [2.75, 3.05) is 21.3 Å². The Balaban J connectivity index is 2.22. The average molecular weight is 418 g/mol. The van der Waals surface area contributed by atoms with Crippen LogP contribution in [0.5, 0.6) is 17.2 Å². The molecule has 158 valence electrons. The molecule has 3 aromatic carbocycles. The van der Waals surface area contributed by atoms with Crippen LogP contribution in [0.25, 0.3) is 11.1 Å². The summed E-state index contributed by atoms with van der Waals surface area (Å²) in [5.41, 5.74) is 1.23. The first kappa shape index (κ1) is 21.5. The summed E-state index contributed by atoms with van der Waals surface area (Å²) in [6, 6.07) is 15.2. The van der Waals surface area contributed by atoms with Gasteiger partial charge in [-0.05, 0) is 29.3 Å². The molecule has 0 spiro atoms. The zero-order valence-corrected chi connectivity index (χ0v) is 16.7. The Hall–Kier alpha value is -3.19. The number of aliphatic hydroxyl groups is 1. The number of hydrogen-bond donors (Lipinski definition) is 1. The molecule has 1 N–H and O–H groups in total. The minimum Gasteiger partial charge on any atom is -0.493 e. The SMILES string of the molecule is COc1cc(C(O)c2ccc(C(F)(F)F)cc2)c(-c2ccccc2)c(OC)c1OC. The van der Waals surface area contributed by atoms with Crippen molar-refractivity contribution in [2.24, 2.45) is 0 Å². The zero-order valence-electron chi connectivity index (χ0n) is 16.7. The fraction of sp³-hybridized carbons (Fsp3) is 0.217. The molecule has 7 heteroatoms. The van der Waals surface area contributed by atoms with Crippen LogP contribution in [0.15, 0.2) is 60.7 Å². The van der Waals surface area contributed by atoms with E-state index < -0.39 is 17.8 Å². The van der Waals surface area contributed by atoms with E-state index in [4.69, 9.17) is 14.2 Å². The van der Waals surface area contributed by atoms with Crippen LogP contribution in [0.4, 0.5) is 13.2 Å². The van der Waals surface area contributed by atoms with Crippen LogP contribution in [-0.2, 0) is 6.18 Å². The van der Waals surface area contributed by atoms with E-state index in [1.54, 1.807) is 6.07 Å². The summed E-state index contributed by atoms with van der Waals surface area (Å²) in [5, 5.41) is 11.1. The number of benzene rings is 3. The molecule has 0 aliphatic heterocycles. The molecule has 1 unspecified atom stereocenters. The lowest BCUT2D eigenvalue weighted by molar-refractivity contribution is -0.137. The number of methoxy groups -OCH3 is 3. The van der Waals surface area contributed by atoms with Crippen molar-refractivity contribution in [3.8, 4) is 28.4 Å². The molecule has 30 heavy (non-hydrogen) atoms. The standard InChI is InChI=1S/C23H21F3O4/c1-28-18-13-17(20(27)15-9-11-16(12-10-15)23(24,25)26)19(14-7-5-4-6-8-14)22(30-3)21(18)29-2/h4-13,20,27H,1-3H3. The summed E-state index contributed by atoms with van der Waals surface area (Å²) in [4.78, 5) is 0. The molecular formula is C23H21F3O4. The predicted octanol–water partition coefficient (Wildman–Crippen LogP) is 5.48. The van der Waals surface area contributed by atoms with E-state index >= 15 is 0 Å². The Bertz CT molecular complexity index is 1000. The quantitative estimate of drug-likeness (QED) is 0.576. The lowest BCUT2D eigenvalue weighted by Gasteiger charge is -2.23. The highest BCUT2D eigenvalue weighted by Gasteiger charge is 2.31. The van der Waals surface area contributed by atoms with E-state index in [1.165, 1.54) is 33.5 Å². The molecule has 0 amide bonds. The van der Waals surface area contributed by atoms with Gasteiger partial charge in [-0.2, -0.15) is 13.2 Å². The van der Waals surface area contributed by atoms with Gasteiger partial charge in [-0.3, -0.25) is 0 Å². The van der Waals surface area contributed by atoms with Gasteiger partial charge in [0.15, 0.2) is 11.5 Å². The Morgan fingerprint density at radius 3 is 1.90 bits per heavy atom. The van der Waals surface area contributed by atoms with Gasteiger partial charge >= 0.3 is 6.18 Å². The first-order chi connectivity index (χ1) is 14.3. The third kappa shape index (κ3) is 4.07. The van der Waals surface area contributed by atoms with Gasteiger partial charge in [0.1, 0.15) is 6.10 Å². The summed E-state index contributed by atoms with van der Waals surface area (Å²) in [6.07, 6.45) is -5.68. The van der Waals surface area contributed by atoms with Gasteiger partial charge in [0, 0.05) is 11.1 Å². The van der Waals surface area contributed by atoms with Crippen LogP contribution in [0.3, 0.4) is 0 Å². The van der Waals surface area contributed by atoms with Gasteiger partial charge in [-0.1, -0.05) is 42.5 Å². The Labute approximate surface area is 172 Å². The first-order valence-corrected chi connectivity index (χ1v) is 9.05. The Morgan fingerprint density at radius 1 is 0.800 bits per heavy atom. The van der Waals surface area contributed by atoms with Crippen molar-refractivity contribution in [2.45, 2.75) is 12.3 Å². The number of hydrogen-bond acceptors (Lipinski definition) is 4. The highest BCUT2D eigenvalue weighted by Crippen LogP contribution is 2.49. The summed E-state index contributed by atoms with van der Waals surface area (Å²) < 4.78 is 55.1. The molecule has 0 heterocycles. The van der Waals surface area contributed by atoms with Crippen LogP contribution >= 0.6 is 0 Å². The molecule has 0 bridgehead atoms. The van der Waals surface area contributed by atoms with Gasteiger partial charge in [-0.15, -0.1) is 0 Å². The monoisotopic (exact) mass is 418 g/mol. The predicted molar refractivity (Wildman–Crippen MR) is 107 cm³/mol. The summed E-state index contributed by atoms with van der Waals surface area (Å²) in [5.74, 6) is 1.03. The maximum Gasteiger partial charge on any atom is 0.416 e. The molecule has 3 rings (SSSR count). The van der Waals surface area contributed by atoms with Crippen LogP contribution < -0.4 is 14.2 Å². The van der Waals surface area contributed by atoms with Crippen LogP contribution in [-0.4, -0.2) is 26.4 Å². The van der Waals surface area contributed by atoms with Crippen molar-refractivity contribution >= 4 is 0 Å². The lowest BCUT2D eigenvalue weighted by Crippen LogP contribution is -2.08. The number of alkyl halides is 3. The second-order valence-corrected chi connectivity index (χ2v) is 6.50. The summed E-state index contributed by atoms with van der Waals surface area (Å²) in [7, 11) is 4.40. The second kappa shape index (κ2) is 8.67. The van der Waals surface area contributed by atoms with Gasteiger partial charge in [0.05, 0.1) is 26.9 Å². The molecule has 0 fully saturated rings. The van der Waals surface area contributed by atoms with E-state index in [0.29, 0.717) is 33.9 Å². The smallest absolute Gasteiger partial charge is 0.416 e. The minimum absolute atomic E-state index is 0.300. The molecule has 0 aliphatic carbocycles. The van der Waals surface area contributed by atoms with Gasteiger partial charge < -0.3 is 19.3 Å². The third-order valence-corrected chi connectivity index (χ3v) is 4.77. The van der Waals surface area contributed by atoms with Crippen molar-refractivity contribution in [3.05, 3.63) is 77.4 Å². The highest BCUT2D eigenvalue weighted by atomic mass is 19.4. The van der Waals surface area contributed by atoms with E-state index in [2.05, 4.69) is 0 Å². The highest BCUT2D eigenvalue weighted by molar-refractivity contribution is 5.80. The molecule has 0 aliphatic rings. The maximum absolute atomic E-state index is 12.9. The number of ether oxygens (including phenoxy) is 3. The van der Waals surface area contributed by atoms with Crippen molar-refractivity contribution < 1.29 is 32.5 Å². The van der Waals surface area contributed by atoms with E-state index in [1.807, 2.05) is 30.3 Å². The zero-order chi connectivity index (χ0) is 21.9. The van der Waals surface area contributed by atoms with Gasteiger partial charge in [0.25, 0.3) is 0 Å². The molecule has 0 radical (unpaired) electrons. The average Bonchev–Trinajstić information content (AvgIpc) is 2.77. The van der Waals surface area contributed by atoms with Crippen molar-refractivity contribution in [3.63, 3.8) is 0 Å². The number of halogens is 3. The van der Waals surface area contributed by atoms with Crippen molar-refractivity contribution in [1.82, 2.24) is 0 Å². The van der Waals surface area contributed by atoms with Crippen LogP contribution in [0.2, 0.25) is 0 Å². The van der Waals surface area contributed by atoms with Gasteiger partial charge in [0.2, 0.25) is 5.75 Å². The fourth-order valence-corrected chi connectivity index (χ4v) is 3.33. The van der Waals surface area contributed by atoms with E-state index in [0.717, 1.165) is 17.7 Å². The molecular weight excluding hydrogens is 397 g/mol. The molecule has 0 saturated carbocycles. The Morgan fingerprint density at radius 2 is 1.40 bits per heavy atom. The summed E-state index contributed by atoms with van der Waals surface area (Å²) >= 11 is 0. The second-order valence-electron chi connectivity index (χ2n) is 6.50. The third-order valence-electron chi connectivity index (χ3n) is 4.77. The van der Waals surface area contributed by atoms with Crippen LogP contribution in [0.1, 0.15) is 22.8 Å². The molecule has 1 atom stereocenters. The number of rotatable bonds is 6. The van der Waals surface area contributed by atoms with Crippen molar-refractivity contribution in [1.29, 1.82) is 0 Å². The van der Waals surface area contributed by atoms with E-state index in [-0.39, 0.29) is 0 Å². The largest absolute Gasteiger partial charge is 0.493 e. The van der Waals surface area contributed by atoms with Gasteiger partial charge in [-0.25, -0.2) is 0 Å². The molecule has 0 aromatic heterocycles. The van der Waals surface area contributed by atoms with E-state index in [9.17, 15) is 18.3 Å². The van der Waals surface area contributed by atoms with Crippen LogP contribution in [0, 0.1) is 0 Å². The maximum atomic E-state index is 12.9.